The highest BCUT2D eigenvalue weighted by molar-refractivity contribution is 7.99. The van der Waals surface area contributed by atoms with E-state index in [0.29, 0.717) is 31.0 Å². The summed E-state index contributed by atoms with van der Waals surface area (Å²) < 4.78 is 26.6. The molecule has 1 saturated heterocycles. The highest BCUT2D eigenvalue weighted by Crippen LogP contribution is 2.23. The molecular formula is C22H23N3O3S2. The minimum Gasteiger partial charge on any atom is -0.326 e. The third-order valence-corrected chi connectivity index (χ3v) is 7.84. The zero-order chi connectivity index (χ0) is 21.0. The number of hydrogen-bond donors (Lipinski definition) is 1. The summed E-state index contributed by atoms with van der Waals surface area (Å²) in [6.45, 7) is 1.15. The van der Waals surface area contributed by atoms with Crippen molar-refractivity contribution in [2.75, 3.05) is 24.2 Å². The highest BCUT2D eigenvalue weighted by atomic mass is 32.2. The molecule has 1 aliphatic heterocycles. The second kappa shape index (κ2) is 9.16. The van der Waals surface area contributed by atoms with E-state index in [4.69, 9.17) is 0 Å². The molecule has 0 saturated carbocycles. The van der Waals surface area contributed by atoms with Crippen molar-refractivity contribution in [2.24, 2.45) is 0 Å². The Bertz CT molecular complexity index is 1140. The van der Waals surface area contributed by atoms with Crippen LogP contribution in [0.3, 0.4) is 0 Å². The lowest BCUT2D eigenvalue weighted by molar-refractivity contribution is -0.115. The van der Waals surface area contributed by atoms with Gasteiger partial charge < -0.3 is 5.32 Å². The number of carbonyl (C=O) groups excluding carboxylic acids is 1. The van der Waals surface area contributed by atoms with Crippen LogP contribution in [0.4, 0.5) is 5.69 Å². The first kappa shape index (κ1) is 20.8. The first-order chi connectivity index (χ1) is 14.5. The Balaban J connectivity index is 1.29. The zero-order valence-electron chi connectivity index (χ0n) is 16.5. The highest BCUT2D eigenvalue weighted by Gasteiger charge is 2.26. The molecule has 0 unspecified atom stereocenters. The fourth-order valence-electron chi connectivity index (χ4n) is 3.39. The molecule has 0 atom stereocenters. The number of anilines is 1. The SMILES string of the molecule is O=C(CCSc1ccc2ccccc2n1)Nc1ccc(S(=O)(=O)N2CCCC2)cc1. The molecule has 4 rings (SSSR count). The first-order valence-corrected chi connectivity index (χ1v) is 12.3. The van der Waals surface area contributed by atoms with Crippen LogP contribution in [-0.4, -0.2) is 42.5 Å². The maximum atomic E-state index is 12.6. The molecule has 2 aromatic carbocycles. The molecule has 30 heavy (non-hydrogen) atoms. The summed E-state index contributed by atoms with van der Waals surface area (Å²) >= 11 is 1.54. The van der Waals surface area contributed by atoms with E-state index in [9.17, 15) is 13.2 Å². The molecule has 0 spiro atoms. The van der Waals surface area contributed by atoms with E-state index in [1.54, 1.807) is 24.3 Å². The van der Waals surface area contributed by atoms with Gasteiger partial charge in [0.05, 0.1) is 15.4 Å². The number of para-hydroxylation sites is 1. The van der Waals surface area contributed by atoms with E-state index in [1.165, 1.54) is 16.1 Å². The molecule has 0 aliphatic carbocycles. The van der Waals surface area contributed by atoms with Crippen LogP contribution in [0.1, 0.15) is 19.3 Å². The fraction of sp³-hybridized carbons (Fsp3) is 0.273. The van der Waals surface area contributed by atoms with Crippen LogP contribution in [0.25, 0.3) is 10.9 Å². The predicted molar refractivity (Wildman–Crippen MR) is 120 cm³/mol. The summed E-state index contributed by atoms with van der Waals surface area (Å²) in [6.07, 6.45) is 2.15. The number of benzene rings is 2. The smallest absolute Gasteiger partial charge is 0.243 e. The molecule has 0 bridgehead atoms. The number of nitrogens with one attached hydrogen (secondary N) is 1. The number of amides is 1. The lowest BCUT2D eigenvalue weighted by Crippen LogP contribution is -2.27. The van der Waals surface area contributed by atoms with Gasteiger partial charge in [-0.3, -0.25) is 4.79 Å². The minimum atomic E-state index is -3.43. The van der Waals surface area contributed by atoms with Crippen molar-refractivity contribution in [3.8, 4) is 0 Å². The second-order valence-corrected chi connectivity index (χ2v) is 10.2. The topological polar surface area (TPSA) is 79.4 Å². The number of rotatable bonds is 7. The monoisotopic (exact) mass is 441 g/mol. The van der Waals surface area contributed by atoms with Gasteiger partial charge in [0.25, 0.3) is 0 Å². The lowest BCUT2D eigenvalue weighted by Gasteiger charge is -2.15. The van der Waals surface area contributed by atoms with Crippen molar-refractivity contribution in [2.45, 2.75) is 29.2 Å². The summed E-state index contributed by atoms with van der Waals surface area (Å²) in [4.78, 5) is 17.1. The third-order valence-electron chi connectivity index (χ3n) is 4.99. The van der Waals surface area contributed by atoms with Crippen molar-refractivity contribution in [1.29, 1.82) is 0 Å². The summed E-state index contributed by atoms with van der Waals surface area (Å²) in [5.74, 6) is 0.497. The number of hydrogen-bond acceptors (Lipinski definition) is 5. The van der Waals surface area contributed by atoms with Gasteiger partial charge in [0.2, 0.25) is 15.9 Å². The molecule has 1 aromatic heterocycles. The van der Waals surface area contributed by atoms with Gasteiger partial charge in [0.15, 0.2) is 0 Å². The van der Waals surface area contributed by atoms with Crippen molar-refractivity contribution < 1.29 is 13.2 Å². The van der Waals surface area contributed by atoms with Gasteiger partial charge in [-0.15, -0.1) is 11.8 Å². The average molecular weight is 442 g/mol. The Morgan fingerprint density at radius 1 is 1.00 bits per heavy atom. The fourth-order valence-corrected chi connectivity index (χ4v) is 5.73. The summed E-state index contributed by atoms with van der Waals surface area (Å²) in [7, 11) is -3.43. The molecule has 1 fully saturated rings. The number of aromatic nitrogens is 1. The zero-order valence-corrected chi connectivity index (χ0v) is 18.1. The van der Waals surface area contributed by atoms with Crippen molar-refractivity contribution in [3.63, 3.8) is 0 Å². The van der Waals surface area contributed by atoms with Crippen LogP contribution in [0, 0.1) is 0 Å². The van der Waals surface area contributed by atoms with E-state index in [0.717, 1.165) is 28.8 Å². The van der Waals surface area contributed by atoms with Crippen LogP contribution in [-0.2, 0) is 14.8 Å². The van der Waals surface area contributed by atoms with Crippen molar-refractivity contribution in [3.05, 3.63) is 60.7 Å². The molecule has 3 aromatic rings. The molecule has 6 nitrogen and oxygen atoms in total. The molecule has 156 valence electrons. The maximum absolute atomic E-state index is 12.6. The van der Waals surface area contributed by atoms with E-state index in [1.807, 2.05) is 36.4 Å². The van der Waals surface area contributed by atoms with E-state index < -0.39 is 10.0 Å². The van der Waals surface area contributed by atoms with Gasteiger partial charge in [0, 0.05) is 36.3 Å². The van der Waals surface area contributed by atoms with Gasteiger partial charge in [-0.1, -0.05) is 24.3 Å². The summed E-state index contributed by atoms with van der Waals surface area (Å²) in [6, 6.07) is 18.3. The number of pyridine rings is 1. The molecule has 1 aliphatic rings. The molecule has 2 heterocycles. The van der Waals surface area contributed by atoms with Gasteiger partial charge >= 0.3 is 0 Å². The third kappa shape index (κ3) is 4.83. The van der Waals surface area contributed by atoms with Crippen LogP contribution < -0.4 is 5.32 Å². The van der Waals surface area contributed by atoms with Crippen LogP contribution in [0.15, 0.2) is 70.6 Å². The van der Waals surface area contributed by atoms with Gasteiger partial charge in [0.1, 0.15) is 0 Å². The number of sulfonamides is 1. The predicted octanol–water partition coefficient (Wildman–Crippen LogP) is 4.14. The number of carbonyl (C=O) groups is 1. The second-order valence-electron chi connectivity index (χ2n) is 7.12. The molecule has 1 amide bonds. The Morgan fingerprint density at radius 3 is 2.50 bits per heavy atom. The molecule has 1 N–H and O–H groups in total. The average Bonchev–Trinajstić information content (AvgIpc) is 3.30. The maximum Gasteiger partial charge on any atom is 0.243 e. The largest absolute Gasteiger partial charge is 0.326 e. The minimum absolute atomic E-state index is 0.113. The number of fused-ring (bicyclic) bond motifs is 1. The lowest BCUT2D eigenvalue weighted by atomic mass is 10.2. The molecule has 0 radical (unpaired) electrons. The van der Waals surface area contributed by atoms with Crippen LogP contribution in [0.5, 0.6) is 0 Å². The molecule has 8 heteroatoms. The van der Waals surface area contributed by atoms with E-state index in [2.05, 4.69) is 10.3 Å². The van der Waals surface area contributed by atoms with Crippen LogP contribution in [0.2, 0.25) is 0 Å². The summed E-state index contributed by atoms with van der Waals surface area (Å²) in [5, 5.41) is 4.80. The van der Waals surface area contributed by atoms with Crippen molar-refractivity contribution in [1.82, 2.24) is 9.29 Å². The van der Waals surface area contributed by atoms with Gasteiger partial charge in [-0.2, -0.15) is 4.31 Å². The van der Waals surface area contributed by atoms with Gasteiger partial charge in [-0.05, 0) is 49.2 Å². The van der Waals surface area contributed by atoms with E-state index >= 15 is 0 Å². The number of thioether (sulfide) groups is 1. The van der Waals surface area contributed by atoms with Crippen molar-refractivity contribution >= 4 is 44.3 Å². The Labute approximate surface area is 180 Å². The Morgan fingerprint density at radius 2 is 1.73 bits per heavy atom. The molecular weight excluding hydrogens is 418 g/mol. The standard InChI is InChI=1S/C22H23N3O3S2/c26-21(13-16-29-22-12-7-17-5-1-2-6-20(17)24-22)23-18-8-10-19(11-9-18)30(27,28)25-14-3-4-15-25/h1-2,5-12H,3-4,13-16H2,(H,23,26). The normalized spacial score (nSPS) is 14.8. The summed E-state index contributed by atoms with van der Waals surface area (Å²) in [5.41, 5.74) is 1.53. The number of nitrogens with zero attached hydrogens (tertiary/aromatic N) is 2. The quantitative estimate of drug-likeness (QED) is 0.558. The van der Waals surface area contributed by atoms with E-state index in [-0.39, 0.29) is 10.8 Å². The van der Waals surface area contributed by atoms with Gasteiger partial charge in [-0.25, -0.2) is 13.4 Å². The first-order valence-electron chi connectivity index (χ1n) is 9.91. The van der Waals surface area contributed by atoms with Crippen LogP contribution >= 0.6 is 11.8 Å². The Hall–Kier alpha value is -2.42. The Kier molecular flexibility index (Phi) is 6.36.